The fourth-order valence-electron chi connectivity index (χ4n) is 2.96. The average Bonchev–Trinajstić information content (AvgIpc) is 3.20. The van der Waals surface area contributed by atoms with Gasteiger partial charge in [-0.15, -0.1) is 0 Å². The quantitative estimate of drug-likeness (QED) is 0.771. The number of nitrogens with two attached hydrogens (primary N) is 1. The second-order valence-corrected chi connectivity index (χ2v) is 5.88. The number of likely N-dealkylation sites (tertiary alicyclic amines) is 1. The summed E-state index contributed by atoms with van der Waals surface area (Å²) in [4.78, 5) is 14.4. The molecule has 104 valence electrons. The number of rotatable bonds is 5. The minimum Gasteiger partial charge on any atom is -0.352 e. The monoisotopic (exact) mass is 253 g/mol. The maximum atomic E-state index is 12.1. The molecule has 3 N–H and O–H groups in total. The van der Waals surface area contributed by atoms with Gasteiger partial charge in [-0.05, 0) is 45.1 Å². The van der Waals surface area contributed by atoms with Crippen molar-refractivity contribution in [3.63, 3.8) is 0 Å². The third-order valence-corrected chi connectivity index (χ3v) is 4.52. The fourth-order valence-corrected chi connectivity index (χ4v) is 2.96. The van der Waals surface area contributed by atoms with Crippen LogP contribution in [-0.4, -0.2) is 42.0 Å². The first-order valence-corrected chi connectivity index (χ1v) is 7.41. The number of nitrogens with zero attached hydrogens (tertiary/aromatic N) is 1. The number of hydrogen-bond donors (Lipinski definition) is 2. The van der Waals surface area contributed by atoms with Crippen LogP contribution in [-0.2, 0) is 4.79 Å². The second kappa shape index (κ2) is 6.02. The lowest BCUT2D eigenvalue weighted by Crippen LogP contribution is -2.55. The number of carbonyl (C=O) groups is 1. The molecule has 1 aliphatic heterocycles. The zero-order valence-electron chi connectivity index (χ0n) is 11.7. The maximum absolute atomic E-state index is 12.1. The summed E-state index contributed by atoms with van der Waals surface area (Å²) < 4.78 is 0. The van der Waals surface area contributed by atoms with E-state index >= 15 is 0 Å². The highest BCUT2D eigenvalue weighted by atomic mass is 16.2. The molecule has 1 saturated carbocycles. The van der Waals surface area contributed by atoms with Crippen molar-refractivity contribution in [1.29, 1.82) is 0 Å². The summed E-state index contributed by atoms with van der Waals surface area (Å²) in [6, 6.07) is 0.796. The van der Waals surface area contributed by atoms with Gasteiger partial charge in [-0.2, -0.15) is 0 Å². The molecule has 4 nitrogen and oxygen atoms in total. The summed E-state index contributed by atoms with van der Waals surface area (Å²) >= 11 is 0. The number of nitrogens with one attached hydrogen (secondary N) is 1. The van der Waals surface area contributed by atoms with E-state index in [1.165, 1.54) is 12.8 Å². The molecule has 0 aromatic heterocycles. The van der Waals surface area contributed by atoms with Crippen LogP contribution >= 0.6 is 0 Å². The molecule has 18 heavy (non-hydrogen) atoms. The Labute approximate surface area is 110 Å². The molecule has 3 unspecified atom stereocenters. The van der Waals surface area contributed by atoms with Crippen LogP contribution in [0.1, 0.15) is 46.0 Å². The van der Waals surface area contributed by atoms with Crippen LogP contribution in [0.3, 0.4) is 0 Å². The van der Waals surface area contributed by atoms with E-state index in [0.717, 1.165) is 31.7 Å². The minimum atomic E-state index is -0.0306. The third kappa shape index (κ3) is 3.23. The Hall–Kier alpha value is -0.610. The molecule has 1 aliphatic carbocycles. The largest absolute Gasteiger partial charge is 0.352 e. The molecule has 3 atom stereocenters. The standard InChI is InChI=1S/C14H27N3O/c1-3-11-6-7-17(13(8-11)9-15)10(2)14(18)16-12-4-5-12/h10-13H,3-9,15H2,1-2H3,(H,16,18). The molecule has 1 heterocycles. The van der Waals surface area contributed by atoms with Crippen LogP contribution < -0.4 is 11.1 Å². The van der Waals surface area contributed by atoms with Gasteiger partial charge in [0.2, 0.25) is 5.91 Å². The number of piperidine rings is 1. The van der Waals surface area contributed by atoms with Crippen molar-refractivity contribution >= 4 is 5.91 Å². The summed E-state index contributed by atoms with van der Waals surface area (Å²) in [5, 5.41) is 3.10. The second-order valence-electron chi connectivity index (χ2n) is 5.88. The highest BCUT2D eigenvalue weighted by Crippen LogP contribution is 2.27. The first kappa shape index (κ1) is 13.8. The maximum Gasteiger partial charge on any atom is 0.237 e. The zero-order valence-corrected chi connectivity index (χ0v) is 11.7. The highest BCUT2D eigenvalue weighted by molar-refractivity contribution is 5.81. The molecule has 1 amide bonds. The van der Waals surface area contributed by atoms with Crippen molar-refractivity contribution in [3.8, 4) is 0 Å². The third-order valence-electron chi connectivity index (χ3n) is 4.52. The van der Waals surface area contributed by atoms with Crippen molar-refractivity contribution in [2.75, 3.05) is 13.1 Å². The number of carbonyl (C=O) groups excluding carboxylic acids is 1. The van der Waals surface area contributed by atoms with Crippen LogP contribution in [0.2, 0.25) is 0 Å². The van der Waals surface area contributed by atoms with E-state index in [-0.39, 0.29) is 11.9 Å². The molecule has 4 heteroatoms. The number of hydrogen-bond acceptors (Lipinski definition) is 3. The molecule has 2 aliphatic rings. The van der Waals surface area contributed by atoms with E-state index in [9.17, 15) is 4.79 Å². The molecular formula is C14H27N3O. The molecule has 2 rings (SSSR count). The van der Waals surface area contributed by atoms with E-state index in [1.807, 2.05) is 6.92 Å². The average molecular weight is 253 g/mol. The van der Waals surface area contributed by atoms with Gasteiger partial charge in [-0.25, -0.2) is 0 Å². The summed E-state index contributed by atoms with van der Waals surface area (Å²) in [6.45, 7) is 5.95. The summed E-state index contributed by atoms with van der Waals surface area (Å²) in [6.07, 6.45) is 5.88. The van der Waals surface area contributed by atoms with E-state index in [0.29, 0.717) is 18.6 Å². The Bertz CT molecular complexity index is 291. The minimum absolute atomic E-state index is 0.0306. The molecule has 0 radical (unpaired) electrons. The summed E-state index contributed by atoms with van der Waals surface area (Å²) in [5.41, 5.74) is 5.89. The highest BCUT2D eigenvalue weighted by Gasteiger charge is 2.34. The molecule has 0 spiro atoms. The van der Waals surface area contributed by atoms with Crippen molar-refractivity contribution in [3.05, 3.63) is 0 Å². The Morgan fingerprint density at radius 1 is 1.44 bits per heavy atom. The molecule has 0 aromatic rings. The lowest BCUT2D eigenvalue weighted by molar-refractivity contribution is -0.127. The Morgan fingerprint density at radius 3 is 2.72 bits per heavy atom. The number of amides is 1. The van der Waals surface area contributed by atoms with Gasteiger partial charge in [0.05, 0.1) is 6.04 Å². The van der Waals surface area contributed by atoms with Gasteiger partial charge in [0.15, 0.2) is 0 Å². The Balaban J connectivity index is 1.90. The van der Waals surface area contributed by atoms with Gasteiger partial charge >= 0.3 is 0 Å². The molecule has 0 bridgehead atoms. The van der Waals surface area contributed by atoms with Gasteiger partial charge < -0.3 is 11.1 Å². The van der Waals surface area contributed by atoms with Crippen LogP contribution in [0.4, 0.5) is 0 Å². The molecular weight excluding hydrogens is 226 g/mol. The summed E-state index contributed by atoms with van der Waals surface area (Å²) in [5.74, 6) is 0.972. The van der Waals surface area contributed by atoms with Gasteiger partial charge in [-0.1, -0.05) is 13.3 Å². The fraction of sp³-hybridized carbons (Fsp3) is 0.929. The van der Waals surface area contributed by atoms with Crippen molar-refractivity contribution in [2.24, 2.45) is 11.7 Å². The normalized spacial score (nSPS) is 31.1. The molecule has 0 aromatic carbocycles. The van der Waals surface area contributed by atoms with Gasteiger partial charge in [-0.3, -0.25) is 9.69 Å². The smallest absolute Gasteiger partial charge is 0.237 e. The molecule has 2 fully saturated rings. The van der Waals surface area contributed by atoms with Crippen LogP contribution in [0.5, 0.6) is 0 Å². The van der Waals surface area contributed by atoms with E-state index < -0.39 is 0 Å². The van der Waals surface area contributed by atoms with Crippen LogP contribution in [0, 0.1) is 5.92 Å². The predicted octanol–water partition coefficient (Wildman–Crippen LogP) is 1.10. The lowest BCUT2D eigenvalue weighted by atomic mass is 9.88. The lowest BCUT2D eigenvalue weighted by Gasteiger charge is -2.41. The predicted molar refractivity (Wildman–Crippen MR) is 73.2 cm³/mol. The van der Waals surface area contributed by atoms with Crippen molar-refractivity contribution < 1.29 is 4.79 Å². The van der Waals surface area contributed by atoms with E-state index in [4.69, 9.17) is 5.73 Å². The summed E-state index contributed by atoms with van der Waals surface area (Å²) in [7, 11) is 0. The SMILES string of the molecule is CCC1CCN(C(C)C(=O)NC2CC2)C(CN)C1. The zero-order chi connectivity index (χ0) is 13.1. The van der Waals surface area contributed by atoms with Crippen LogP contribution in [0.25, 0.3) is 0 Å². The first-order valence-electron chi connectivity index (χ1n) is 7.41. The Kier molecular flexibility index (Phi) is 4.62. The van der Waals surface area contributed by atoms with Crippen molar-refractivity contribution in [2.45, 2.75) is 64.1 Å². The molecule has 1 saturated heterocycles. The van der Waals surface area contributed by atoms with Crippen LogP contribution in [0.15, 0.2) is 0 Å². The van der Waals surface area contributed by atoms with Gasteiger partial charge in [0.25, 0.3) is 0 Å². The van der Waals surface area contributed by atoms with Gasteiger partial charge in [0, 0.05) is 18.6 Å². The Morgan fingerprint density at radius 2 is 2.17 bits per heavy atom. The van der Waals surface area contributed by atoms with Crippen molar-refractivity contribution in [1.82, 2.24) is 10.2 Å². The van der Waals surface area contributed by atoms with Gasteiger partial charge in [0.1, 0.15) is 0 Å². The van der Waals surface area contributed by atoms with E-state index in [2.05, 4.69) is 17.1 Å². The topological polar surface area (TPSA) is 58.4 Å². The first-order chi connectivity index (χ1) is 8.65. The van der Waals surface area contributed by atoms with E-state index in [1.54, 1.807) is 0 Å².